The number of likely N-dealkylation sites (N-methyl/N-ethyl adjacent to an activating group) is 1. The molecule has 2 nitrogen and oxygen atoms in total. The molecule has 1 unspecified atom stereocenters. The van der Waals surface area contributed by atoms with Crippen molar-refractivity contribution >= 4 is 0 Å². The number of ether oxygens (including phenoxy) is 1. The normalized spacial score (nSPS) is 14.1. The molecule has 84 valence electrons. The van der Waals surface area contributed by atoms with Crippen LogP contribution in [0, 0.1) is 0 Å². The Morgan fingerprint density at radius 1 is 1.43 bits per heavy atom. The second-order valence-electron chi connectivity index (χ2n) is 4.90. The lowest BCUT2D eigenvalue weighted by Gasteiger charge is -2.24. The summed E-state index contributed by atoms with van der Waals surface area (Å²) in [6.07, 6.45) is 2.17. The van der Waals surface area contributed by atoms with Crippen LogP contribution in [0.4, 0.5) is 0 Å². The lowest BCUT2D eigenvalue weighted by Crippen LogP contribution is -2.34. The van der Waals surface area contributed by atoms with Crippen LogP contribution >= 0.6 is 0 Å². The van der Waals surface area contributed by atoms with Gasteiger partial charge in [-0.2, -0.15) is 0 Å². The molecule has 14 heavy (non-hydrogen) atoms. The summed E-state index contributed by atoms with van der Waals surface area (Å²) in [6, 6.07) is 0.436. The minimum Gasteiger partial charge on any atom is -0.374 e. The van der Waals surface area contributed by atoms with E-state index in [0.29, 0.717) is 6.04 Å². The molecule has 0 fully saturated rings. The van der Waals surface area contributed by atoms with Gasteiger partial charge in [0.25, 0.3) is 0 Å². The summed E-state index contributed by atoms with van der Waals surface area (Å²) in [5.41, 5.74) is 1.19. The van der Waals surface area contributed by atoms with E-state index in [1.165, 1.54) is 5.57 Å². The number of hydrogen-bond donors (Lipinski definition) is 1. The van der Waals surface area contributed by atoms with Crippen molar-refractivity contribution in [1.82, 2.24) is 5.32 Å². The third-order valence-corrected chi connectivity index (χ3v) is 2.05. The lowest BCUT2D eigenvalue weighted by atomic mass is 10.1. The Bertz CT molecular complexity index is 170. The zero-order chi connectivity index (χ0) is 11.2. The Morgan fingerprint density at radius 2 is 2.00 bits per heavy atom. The highest BCUT2D eigenvalue weighted by Crippen LogP contribution is 2.10. The van der Waals surface area contributed by atoms with E-state index in [0.717, 1.165) is 19.4 Å². The molecule has 0 aromatic rings. The van der Waals surface area contributed by atoms with E-state index in [2.05, 4.69) is 39.6 Å². The van der Waals surface area contributed by atoms with Crippen molar-refractivity contribution in [2.75, 3.05) is 13.7 Å². The number of allylic oxidation sites excluding steroid dienone is 1. The van der Waals surface area contributed by atoms with Gasteiger partial charge < -0.3 is 10.1 Å². The van der Waals surface area contributed by atoms with Crippen LogP contribution in [0.5, 0.6) is 0 Å². The van der Waals surface area contributed by atoms with Gasteiger partial charge in [0.1, 0.15) is 0 Å². The summed E-state index contributed by atoms with van der Waals surface area (Å²) < 4.78 is 5.72. The van der Waals surface area contributed by atoms with Crippen molar-refractivity contribution < 1.29 is 4.74 Å². The molecule has 0 heterocycles. The molecular formula is C12H25NO. The van der Waals surface area contributed by atoms with Crippen LogP contribution < -0.4 is 5.32 Å². The standard InChI is InChI=1S/C12H25NO/c1-10(2)7-8-11(13-6)9-14-12(3,4)5/h11,13H,1,7-9H2,2-6H3. The minimum atomic E-state index is -0.0433. The van der Waals surface area contributed by atoms with Gasteiger partial charge in [0.05, 0.1) is 12.2 Å². The van der Waals surface area contributed by atoms with Crippen LogP contribution in [0.15, 0.2) is 12.2 Å². The fraction of sp³-hybridized carbons (Fsp3) is 0.833. The summed E-state index contributed by atoms with van der Waals surface area (Å²) in [5.74, 6) is 0. The average molecular weight is 199 g/mol. The van der Waals surface area contributed by atoms with Crippen LogP contribution in [0.25, 0.3) is 0 Å². The van der Waals surface area contributed by atoms with Gasteiger partial charge in [0.2, 0.25) is 0 Å². The smallest absolute Gasteiger partial charge is 0.0626 e. The van der Waals surface area contributed by atoms with E-state index in [1.807, 2.05) is 7.05 Å². The van der Waals surface area contributed by atoms with Crippen molar-refractivity contribution in [2.24, 2.45) is 0 Å². The number of hydrogen-bond acceptors (Lipinski definition) is 2. The first-order chi connectivity index (χ1) is 6.35. The third-order valence-electron chi connectivity index (χ3n) is 2.05. The first-order valence-electron chi connectivity index (χ1n) is 5.31. The average Bonchev–Trinajstić information content (AvgIpc) is 2.02. The van der Waals surface area contributed by atoms with E-state index in [-0.39, 0.29) is 5.60 Å². The van der Waals surface area contributed by atoms with Gasteiger partial charge in [-0.3, -0.25) is 0 Å². The molecule has 0 aliphatic carbocycles. The Balaban J connectivity index is 3.74. The second-order valence-corrected chi connectivity index (χ2v) is 4.90. The molecule has 1 atom stereocenters. The molecule has 0 spiro atoms. The maximum Gasteiger partial charge on any atom is 0.0626 e. The first-order valence-corrected chi connectivity index (χ1v) is 5.31. The van der Waals surface area contributed by atoms with Crippen LogP contribution in [-0.2, 0) is 4.74 Å². The van der Waals surface area contributed by atoms with E-state index >= 15 is 0 Å². The molecule has 0 aromatic heterocycles. The molecule has 0 saturated heterocycles. The van der Waals surface area contributed by atoms with Crippen LogP contribution in [0.2, 0.25) is 0 Å². The van der Waals surface area contributed by atoms with Gasteiger partial charge >= 0.3 is 0 Å². The molecule has 0 saturated carbocycles. The highest BCUT2D eigenvalue weighted by atomic mass is 16.5. The van der Waals surface area contributed by atoms with Gasteiger partial charge in [-0.15, -0.1) is 6.58 Å². The zero-order valence-corrected chi connectivity index (χ0v) is 10.3. The summed E-state index contributed by atoms with van der Waals surface area (Å²) in [6.45, 7) is 13.0. The van der Waals surface area contributed by atoms with Gasteiger partial charge in [-0.1, -0.05) is 5.57 Å². The highest BCUT2D eigenvalue weighted by molar-refractivity contribution is 4.89. The van der Waals surface area contributed by atoms with Crippen molar-refractivity contribution in [3.05, 3.63) is 12.2 Å². The topological polar surface area (TPSA) is 21.3 Å². The first kappa shape index (κ1) is 13.7. The molecule has 0 aliphatic heterocycles. The van der Waals surface area contributed by atoms with Crippen LogP contribution in [0.3, 0.4) is 0 Å². The van der Waals surface area contributed by atoms with Gasteiger partial charge in [0.15, 0.2) is 0 Å². The molecule has 0 rings (SSSR count). The molecule has 2 heteroatoms. The predicted octanol–water partition coefficient (Wildman–Crippen LogP) is 2.75. The van der Waals surface area contributed by atoms with Gasteiger partial charge in [-0.05, 0) is 47.6 Å². The maximum absolute atomic E-state index is 5.72. The largest absolute Gasteiger partial charge is 0.374 e. The number of nitrogens with one attached hydrogen (secondary N) is 1. The van der Waals surface area contributed by atoms with Crippen LogP contribution in [-0.4, -0.2) is 25.3 Å². The summed E-state index contributed by atoms with van der Waals surface area (Å²) in [7, 11) is 1.98. The Hall–Kier alpha value is -0.340. The van der Waals surface area contributed by atoms with Crippen molar-refractivity contribution in [3.63, 3.8) is 0 Å². The number of rotatable bonds is 6. The van der Waals surface area contributed by atoms with Crippen LogP contribution in [0.1, 0.15) is 40.5 Å². The Kier molecular flexibility index (Phi) is 6.05. The molecule has 0 aromatic carbocycles. The fourth-order valence-corrected chi connectivity index (χ4v) is 1.08. The maximum atomic E-state index is 5.72. The second kappa shape index (κ2) is 6.20. The Labute approximate surface area is 88.7 Å². The molecule has 0 radical (unpaired) electrons. The molecule has 0 aliphatic rings. The fourth-order valence-electron chi connectivity index (χ4n) is 1.08. The predicted molar refractivity (Wildman–Crippen MR) is 62.6 cm³/mol. The summed E-state index contributed by atoms with van der Waals surface area (Å²) >= 11 is 0. The third kappa shape index (κ3) is 8.27. The van der Waals surface area contributed by atoms with E-state index in [1.54, 1.807) is 0 Å². The van der Waals surface area contributed by atoms with Gasteiger partial charge in [-0.25, -0.2) is 0 Å². The molecule has 0 amide bonds. The summed E-state index contributed by atoms with van der Waals surface area (Å²) in [5, 5.41) is 3.26. The van der Waals surface area contributed by atoms with E-state index < -0.39 is 0 Å². The van der Waals surface area contributed by atoms with Crippen molar-refractivity contribution in [1.29, 1.82) is 0 Å². The monoisotopic (exact) mass is 199 g/mol. The zero-order valence-electron chi connectivity index (χ0n) is 10.3. The lowest BCUT2D eigenvalue weighted by molar-refractivity contribution is -0.0144. The Morgan fingerprint density at radius 3 is 2.36 bits per heavy atom. The molecule has 1 N–H and O–H groups in total. The quantitative estimate of drug-likeness (QED) is 0.664. The SMILES string of the molecule is C=C(C)CCC(COC(C)(C)C)NC. The summed E-state index contributed by atoms with van der Waals surface area (Å²) in [4.78, 5) is 0. The highest BCUT2D eigenvalue weighted by Gasteiger charge is 2.13. The molecule has 0 bridgehead atoms. The van der Waals surface area contributed by atoms with E-state index in [4.69, 9.17) is 4.74 Å². The van der Waals surface area contributed by atoms with E-state index in [9.17, 15) is 0 Å². The minimum absolute atomic E-state index is 0.0433. The molecular weight excluding hydrogens is 174 g/mol. The van der Waals surface area contributed by atoms with Crippen molar-refractivity contribution in [3.8, 4) is 0 Å². The van der Waals surface area contributed by atoms with Gasteiger partial charge in [0, 0.05) is 6.04 Å². The van der Waals surface area contributed by atoms with Crippen molar-refractivity contribution in [2.45, 2.75) is 52.2 Å².